The molecule has 1 heterocycles. The standard InChI is InChI=1S/C15H14O2/c16-15-14-12(10-17-15)8-4-5-9-13(14)11-6-2-1-3-7-11/h1-4,6-8,12H,5,9-10H2. The lowest BCUT2D eigenvalue weighted by Crippen LogP contribution is -2.03. The fourth-order valence-electron chi connectivity index (χ4n) is 2.54. The number of cyclic esters (lactones) is 1. The molecule has 1 saturated heterocycles. The Labute approximate surface area is 101 Å². The Morgan fingerprint density at radius 3 is 2.82 bits per heavy atom. The molecule has 0 spiro atoms. The molecule has 2 aliphatic rings. The molecule has 0 N–H and O–H groups in total. The van der Waals surface area contributed by atoms with Crippen LogP contribution in [0.25, 0.3) is 5.57 Å². The van der Waals surface area contributed by atoms with Crippen molar-refractivity contribution in [2.24, 2.45) is 5.92 Å². The van der Waals surface area contributed by atoms with Gasteiger partial charge in [-0.3, -0.25) is 0 Å². The molecule has 0 radical (unpaired) electrons. The van der Waals surface area contributed by atoms with Gasteiger partial charge in [0.2, 0.25) is 0 Å². The molecule has 1 aromatic rings. The maximum Gasteiger partial charge on any atom is 0.335 e. The van der Waals surface area contributed by atoms with Crippen molar-refractivity contribution in [2.75, 3.05) is 6.61 Å². The summed E-state index contributed by atoms with van der Waals surface area (Å²) in [6.07, 6.45) is 6.18. The van der Waals surface area contributed by atoms with Crippen LogP contribution < -0.4 is 0 Å². The van der Waals surface area contributed by atoms with Crippen LogP contribution in [0.5, 0.6) is 0 Å². The predicted molar refractivity (Wildman–Crippen MR) is 66.2 cm³/mol. The van der Waals surface area contributed by atoms with E-state index in [9.17, 15) is 4.79 Å². The van der Waals surface area contributed by atoms with Crippen molar-refractivity contribution in [3.05, 3.63) is 53.6 Å². The summed E-state index contributed by atoms with van der Waals surface area (Å²) in [7, 11) is 0. The van der Waals surface area contributed by atoms with E-state index in [0.29, 0.717) is 6.61 Å². The molecular formula is C15H14O2. The average molecular weight is 226 g/mol. The van der Waals surface area contributed by atoms with Gasteiger partial charge in [0.15, 0.2) is 0 Å². The Kier molecular flexibility index (Phi) is 2.56. The minimum absolute atomic E-state index is 0.139. The van der Waals surface area contributed by atoms with Gasteiger partial charge in [0.1, 0.15) is 6.61 Å². The summed E-state index contributed by atoms with van der Waals surface area (Å²) in [5.41, 5.74) is 3.17. The van der Waals surface area contributed by atoms with Crippen LogP contribution in [0, 0.1) is 5.92 Å². The number of carbonyl (C=O) groups is 1. The number of fused-ring (bicyclic) bond motifs is 1. The second-order valence-corrected chi connectivity index (χ2v) is 4.43. The third-order valence-corrected chi connectivity index (χ3v) is 3.36. The van der Waals surface area contributed by atoms with Crippen LogP contribution in [0.3, 0.4) is 0 Å². The molecule has 1 unspecified atom stereocenters. The summed E-state index contributed by atoms with van der Waals surface area (Å²) >= 11 is 0. The lowest BCUT2D eigenvalue weighted by molar-refractivity contribution is -0.135. The van der Waals surface area contributed by atoms with Crippen molar-refractivity contribution in [3.63, 3.8) is 0 Å². The number of ether oxygens (including phenoxy) is 1. The summed E-state index contributed by atoms with van der Waals surface area (Å²) < 4.78 is 5.16. The summed E-state index contributed by atoms with van der Waals surface area (Å²) in [4.78, 5) is 11.8. The molecule has 17 heavy (non-hydrogen) atoms. The number of carbonyl (C=O) groups excluding carboxylic acids is 1. The van der Waals surface area contributed by atoms with Crippen LogP contribution in [0.15, 0.2) is 48.1 Å². The molecule has 0 amide bonds. The number of benzene rings is 1. The number of allylic oxidation sites excluding steroid dienone is 2. The summed E-state index contributed by atoms with van der Waals surface area (Å²) in [6.45, 7) is 0.501. The van der Waals surface area contributed by atoms with Crippen molar-refractivity contribution in [3.8, 4) is 0 Å². The monoisotopic (exact) mass is 226 g/mol. The predicted octanol–water partition coefficient (Wildman–Crippen LogP) is 2.96. The molecule has 2 heteroatoms. The highest BCUT2D eigenvalue weighted by Crippen LogP contribution is 2.35. The first-order valence-corrected chi connectivity index (χ1v) is 5.98. The number of esters is 1. The van der Waals surface area contributed by atoms with E-state index in [1.807, 2.05) is 18.2 Å². The summed E-state index contributed by atoms with van der Waals surface area (Å²) in [6, 6.07) is 10.1. The average Bonchev–Trinajstić information content (AvgIpc) is 2.62. The molecule has 0 saturated carbocycles. The molecule has 1 fully saturated rings. The van der Waals surface area contributed by atoms with E-state index in [2.05, 4.69) is 24.3 Å². The summed E-state index contributed by atoms with van der Waals surface area (Å²) in [5.74, 6) is 0.0145. The highest BCUT2D eigenvalue weighted by atomic mass is 16.5. The van der Waals surface area contributed by atoms with E-state index >= 15 is 0 Å². The zero-order valence-electron chi connectivity index (χ0n) is 9.56. The third-order valence-electron chi connectivity index (χ3n) is 3.36. The Morgan fingerprint density at radius 1 is 1.18 bits per heavy atom. The van der Waals surface area contributed by atoms with Gasteiger partial charge in [-0.1, -0.05) is 42.5 Å². The highest BCUT2D eigenvalue weighted by molar-refractivity contribution is 6.00. The molecule has 0 bridgehead atoms. The molecule has 1 aliphatic carbocycles. The highest BCUT2D eigenvalue weighted by Gasteiger charge is 2.32. The van der Waals surface area contributed by atoms with E-state index in [4.69, 9.17) is 4.74 Å². The SMILES string of the molecule is O=C1OCC2C=CCCC(c3ccccc3)=C12. The van der Waals surface area contributed by atoms with Gasteiger partial charge in [-0.25, -0.2) is 4.79 Å². The Balaban J connectivity index is 2.12. The smallest absolute Gasteiger partial charge is 0.335 e. The Bertz CT molecular complexity index is 497. The lowest BCUT2D eigenvalue weighted by Gasteiger charge is -2.09. The first-order valence-electron chi connectivity index (χ1n) is 5.98. The van der Waals surface area contributed by atoms with Crippen molar-refractivity contribution in [1.82, 2.24) is 0 Å². The molecule has 1 aliphatic heterocycles. The van der Waals surface area contributed by atoms with Crippen LogP contribution in [0.2, 0.25) is 0 Å². The minimum atomic E-state index is -0.139. The molecular weight excluding hydrogens is 212 g/mol. The molecule has 0 aromatic heterocycles. The zero-order chi connectivity index (χ0) is 11.7. The quantitative estimate of drug-likeness (QED) is 0.543. The topological polar surface area (TPSA) is 26.3 Å². The van der Waals surface area contributed by atoms with E-state index in [1.165, 1.54) is 0 Å². The fourth-order valence-corrected chi connectivity index (χ4v) is 2.54. The van der Waals surface area contributed by atoms with Gasteiger partial charge in [0, 0.05) is 5.92 Å². The largest absolute Gasteiger partial charge is 0.461 e. The lowest BCUT2D eigenvalue weighted by atomic mass is 9.92. The van der Waals surface area contributed by atoms with Crippen LogP contribution in [0.4, 0.5) is 0 Å². The van der Waals surface area contributed by atoms with Gasteiger partial charge in [0.25, 0.3) is 0 Å². The maximum atomic E-state index is 11.8. The van der Waals surface area contributed by atoms with Crippen LogP contribution >= 0.6 is 0 Å². The van der Waals surface area contributed by atoms with Crippen LogP contribution in [0.1, 0.15) is 18.4 Å². The summed E-state index contributed by atoms with van der Waals surface area (Å²) in [5, 5.41) is 0. The van der Waals surface area contributed by atoms with Crippen molar-refractivity contribution in [1.29, 1.82) is 0 Å². The number of hydrogen-bond acceptors (Lipinski definition) is 2. The first-order chi connectivity index (χ1) is 8.36. The van der Waals surface area contributed by atoms with Crippen molar-refractivity contribution in [2.45, 2.75) is 12.8 Å². The Morgan fingerprint density at radius 2 is 2.00 bits per heavy atom. The molecule has 1 aromatic carbocycles. The second-order valence-electron chi connectivity index (χ2n) is 4.43. The van der Waals surface area contributed by atoms with Gasteiger partial charge >= 0.3 is 5.97 Å². The number of rotatable bonds is 1. The molecule has 1 atom stereocenters. The minimum Gasteiger partial charge on any atom is -0.461 e. The Hall–Kier alpha value is -1.83. The third kappa shape index (κ3) is 1.80. The van der Waals surface area contributed by atoms with Crippen molar-refractivity contribution < 1.29 is 9.53 Å². The van der Waals surface area contributed by atoms with E-state index in [1.54, 1.807) is 0 Å². The zero-order valence-corrected chi connectivity index (χ0v) is 9.56. The fraction of sp³-hybridized carbons (Fsp3) is 0.267. The number of hydrogen-bond donors (Lipinski definition) is 0. The van der Waals surface area contributed by atoms with Gasteiger partial charge in [0.05, 0.1) is 5.57 Å². The van der Waals surface area contributed by atoms with Gasteiger partial charge in [-0.15, -0.1) is 0 Å². The maximum absolute atomic E-state index is 11.8. The van der Waals surface area contributed by atoms with Gasteiger partial charge < -0.3 is 4.74 Å². The molecule has 3 rings (SSSR count). The normalized spacial score (nSPS) is 23.3. The second kappa shape index (κ2) is 4.21. The molecule has 86 valence electrons. The van der Waals surface area contributed by atoms with Crippen molar-refractivity contribution >= 4 is 11.5 Å². The van der Waals surface area contributed by atoms with Crippen LogP contribution in [-0.2, 0) is 9.53 Å². The van der Waals surface area contributed by atoms with E-state index in [0.717, 1.165) is 29.6 Å². The van der Waals surface area contributed by atoms with Crippen LogP contribution in [-0.4, -0.2) is 12.6 Å². The first kappa shape index (κ1) is 10.3. The van der Waals surface area contributed by atoms with E-state index < -0.39 is 0 Å². The molecule has 2 nitrogen and oxygen atoms in total. The van der Waals surface area contributed by atoms with E-state index in [-0.39, 0.29) is 11.9 Å². The van der Waals surface area contributed by atoms with Gasteiger partial charge in [-0.2, -0.15) is 0 Å². The van der Waals surface area contributed by atoms with Gasteiger partial charge in [-0.05, 0) is 24.0 Å².